The van der Waals surface area contributed by atoms with Crippen molar-refractivity contribution < 1.29 is 19.0 Å². The number of benzene rings is 1. The van der Waals surface area contributed by atoms with Gasteiger partial charge >= 0.3 is 5.97 Å². The highest BCUT2D eigenvalue weighted by Gasteiger charge is 2.39. The maximum absolute atomic E-state index is 14.2. The first-order valence-corrected chi connectivity index (χ1v) is 7.14. The van der Waals surface area contributed by atoms with Crippen LogP contribution in [0.25, 0.3) is 0 Å². The number of halogens is 1. The Morgan fingerprint density at radius 1 is 1.30 bits per heavy atom. The predicted octanol–water partition coefficient (Wildman–Crippen LogP) is 3.80. The molecule has 1 aromatic carbocycles. The molecule has 3 nitrogen and oxygen atoms in total. The van der Waals surface area contributed by atoms with E-state index in [2.05, 4.69) is 0 Å². The minimum Gasteiger partial charge on any atom is -0.494 e. The van der Waals surface area contributed by atoms with E-state index in [0.29, 0.717) is 18.4 Å². The van der Waals surface area contributed by atoms with Crippen molar-refractivity contribution in [1.29, 1.82) is 0 Å². The largest absolute Gasteiger partial charge is 0.494 e. The summed E-state index contributed by atoms with van der Waals surface area (Å²) in [4.78, 5) is 11.7. The van der Waals surface area contributed by atoms with E-state index >= 15 is 0 Å². The topological polar surface area (TPSA) is 46.5 Å². The number of aliphatic carboxylic acids is 1. The fraction of sp³-hybridized carbons (Fsp3) is 0.562. The van der Waals surface area contributed by atoms with E-state index in [1.807, 2.05) is 0 Å². The molecule has 0 bridgehead atoms. The molecule has 1 aromatic rings. The molecule has 1 N–H and O–H groups in total. The maximum atomic E-state index is 14.2. The van der Waals surface area contributed by atoms with Gasteiger partial charge in [0, 0.05) is 0 Å². The lowest BCUT2D eigenvalue weighted by molar-refractivity contribution is -0.149. The Kier molecular flexibility index (Phi) is 4.63. The molecule has 0 atom stereocenters. The molecule has 0 saturated heterocycles. The highest BCUT2D eigenvalue weighted by Crippen LogP contribution is 2.39. The number of hydrogen-bond donors (Lipinski definition) is 1. The summed E-state index contributed by atoms with van der Waals surface area (Å²) in [7, 11) is 1.42. The van der Waals surface area contributed by atoms with Crippen molar-refractivity contribution in [2.24, 2.45) is 5.41 Å². The molecule has 0 unspecified atom stereocenters. The molecule has 110 valence electrons. The summed E-state index contributed by atoms with van der Waals surface area (Å²) in [5.41, 5.74) is -0.391. The third-order valence-electron chi connectivity index (χ3n) is 4.31. The van der Waals surface area contributed by atoms with Crippen LogP contribution in [0.4, 0.5) is 4.39 Å². The second-order valence-electron chi connectivity index (χ2n) is 5.61. The van der Waals surface area contributed by atoms with Crippen LogP contribution < -0.4 is 4.74 Å². The number of rotatable bonds is 4. The van der Waals surface area contributed by atoms with Gasteiger partial charge in [0.15, 0.2) is 11.6 Å². The zero-order valence-electron chi connectivity index (χ0n) is 11.8. The Hall–Kier alpha value is -1.58. The Morgan fingerprint density at radius 2 is 1.95 bits per heavy atom. The Balaban J connectivity index is 2.30. The van der Waals surface area contributed by atoms with Crippen LogP contribution in [-0.4, -0.2) is 18.2 Å². The molecule has 4 heteroatoms. The smallest absolute Gasteiger partial charge is 0.309 e. The zero-order chi connectivity index (χ0) is 14.6. The third-order valence-corrected chi connectivity index (χ3v) is 4.31. The van der Waals surface area contributed by atoms with Crippen LogP contribution in [0.2, 0.25) is 0 Å². The van der Waals surface area contributed by atoms with Crippen molar-refractivity contribution in [2.45, 2.75) is 44.9 Å². The summed E-state index contributed by atoms with van der Waals surface area (Å²) in [6.07, 6.45) is 5.42. The van der Waals surface area contributed by atoms with E-state index in [0.717, 1.165) is 25.7 Å². The number of carboxylic acids is 1. The molecule has 0 spiro atoms. The first kappa shape index (κ1) is 14.8. The van der Waals surface area contributed by atoms with E-state index in [-0.39, 0.29) is 12.2 Å². The zero-order valence-corrected chi connectivity index (χ0v) is 11.8. The van der Waals surface area contributed by atoms with Gasteiger partial charge in [0.05, 0.1) is 12.5 Å². The lowest BCUT2D eigenvalue weighted by Gasteiger charge is -2.28. The molecular formula is C16H21FO3. The summed E-state index contributed by atoms with van der Waals surface area (Å²) in [5.74, 6) is -1.06. The van der Waals surface area contributed by atoms with E-state index in [1.54, 1.807) is 18.2 Å². The quantitative estimate of drug-likeness (QED) is 0.853. The average molecular weight is 280 g/mol. The van der Waals surface area contributed by atoms with Gasteiger partial charge in [-0.25, -0.2) is 4.39 Å². The normalized spacial score (nSPS) is 18.3. The molecule has 20 heavy (non-hydrogen) atoms. The van der Waals surface area contributed by atoms with Gasteiger partial charge < -0.3 is 9.84 Å². The maximum Gasteiger partial charge on any atom is 0.309 e. The number of hydrogen-bond acceptors (Lipinski definition) is 2. The summed E-state index contributed by atoms with van der Waals surface area (Å²) in [6.45, 7) is 0. The minimum atomic E-state index is -0.830. The monoisotopic (exact) mass is 280 g/mol. The van der Waals surface area contributed by atoms with Crippen molar-refractivity contribution in [3.05, 3.63) is 29.6 Å². The van der Waals surface area contributed by atoms with Gasteiger partial charge in [-0.1, -0.05) is 37.8 Å². The molecule has 1 aliphatic carbocycles. The van der Waals surface area contributed by atoms with Crippen LogP contribution in [-0.2, 0) is 11.2 Å². The van der Waals surface area contributed by atoms with Crippen LogP contribution in [0.15, 0.2) is 18.2 Å². The molecule has 1 saturated carbocycles. The van der Waals surface area contributed by atoms with Crippen LogP contribution in [0.3, 0.4) is 0 Å². The van der Waals surface area contributed by atoms with Gasteiger partial charge in [-0.05, 0) is 30.9 Å². The number of carbonyl (C=O) groups is 1. The molecule has 0 heterocycles. The Bertz CT molecular complexity index is 477. The molecule has 1 fully saturated rings. The first-order valence-electron chi connectivity index (χ1n) is 7.14. The van der Waals surface area contributed by atoms with Crippen molar-refractivity contribution in [3.8, 4) is 5.75 Å². The highest BCUT2D eigenvalue weighted by atomic mass is 19.1. The van der Waals surface area contributed by atoms with Crippen molar-refractivity contribution in [2.75, 3.05) is 7.11 Å². The van der Waals surface area contributed by atoms with Crippen LogP contribution in [0.5, 0.6) is 5.75 Å². The van der Waals surface area contributed by atoms with Crippen molar-refractivity contribution in [3.63, 3.8) is 0 Å². The van der Waals surface area contributed by atoms with Crippen molar-refractivity contribution >= 4 is 5.97 Å². The van der Waals surface area contributed by atoms with Crippen LogP contribution in [0.1, 0.15) is 44.1 Å². The molecule has 2 rings (SSSR count). The molecule has 0 amide bonds. The summed E-state index contributed by atoms with van der Waals surface area (Å²) < 4.78 is 19.2. The van der Waals surface area contributed by atoms with Gasteiger partial charge in [0.25, 0.3) is 0 Å². The summed E-state index contributed by atoms with van der Waals surface area (Å²) in [6, 6.07) is 4.93. The summed E-state index contributed by atoms with van der Waals surface area (Å²) >= 11 is 0. The predicted molar refractivity (Wildman–Crippen MR) is 74.4 cm³/mol. The highest BCUT2D eigenvalue weighted by molar-refractivity contribution is 5.75. The molecular weight excluding hydrogens is 259 g/mol. The Morgan fingerprint density at radius 3 is 2.50 bits per heavy atom. The van der Waals surface area contributed by atoms with E-state index in [9.17, 15) is 14.3 Å². The lowest BCUT2D eigenvalue weighted by Crippen LogP contribution is -2.33. The summed E-state index contributed by atoms with van der Waals surface area (Å²) in [5, 5.41) is 9.64. The molecule has 0 aromatic heterocycles. The lowest BCUT2D eigenvalue weighted by atomic mass is 9.75. The second-order valence-corrected chi connectivity index (χ2v) is 5.61. The molecule has 1 aliphatic rings. The van der Waals surface area contributed by atoms with Gasteiger partial charge in [-0.2, -0.15) is 0 Å². The SMILES string of the molecule is COc1cccc(CC2(C(=O)O)CCCCCC2)c1F. The molecule has 0 aliphatic heterocycles. The number of carboxylic acid groups (broad SMARTS) is 1. The van der Waals surface area contributed by atoms with E-state index < -0.39 is 17.2 Å². The third kappa shape index (κ3) is 2.94. The molecule has 0 radical (unpaired) electrons. The fourth-order valence-electron chi connectivity index (χ4n) is 3.09. The standard InChI is InChI=1S/C16H21FO3/c1-20-13-8-6-7-12(14(13)17)11-16(15(18)19)9-4-2-3-5-10-16/h6-8H,2-5,9-11H2,1H3,(H,18,19). The van der Waals surface area contributed by atoms with Crippen LogP contribution in [0, 0.1) is 11.2 Å². The van der Waals surface area contributed by atoms with E-state index in [4.69, 9.17) is 4.74 Å². The van der Waals surface area contributed by atoms with Gasteiger partial charge in [-0.3, -0.25) is 4.79 Å². The van der Waals surface area contributed by atoms with Gasteiger partial charge in [0.2, 0.25) is 0 Å². The van der Waals surface area contributed by atoms with Crippen molar-refractivity contribution in [1.82, 2.24) is 0 Å². The first-order chi connectivity index (χ1) is 9.59. The van der Waals surface area contributed by atoms with Crippen LogP contribution >= 0.6 is 0 Å². The second kappa shape index (κ2) is 6.25. The van der Waals surface area contributed by atoms with E-state index in [1.165, 1.54) is 7.11 Å². The minimum absolute atomic E-state index is 0.177. The number of methoxy groups -OCH3 is 1. The fourth-order valence-corrected chi connectivity index (χ4v) is 3.09. The average Bonchev–Trinajstić information content (AvgIpc) is 2.68. The Labute approximate surface area is 118 Å². The van der Waals surface area contributed by atoms with Gasteiger partial charge in [-0.15, -0.1) is 0 Å². The van der Waals surface area contributed by atoms with Gasteiger partial charge in [0.1, 0.15) is 0 Å². The number of ether oxygens (including phenoxy) is 1.